The highest BCUT2D eigenvalue weighted by Gasteiger charge is 2.33. The monoisotopic (exact) mass is 617 g/mol. The minimum absolute atomic E-state index is 0.00438. The molecule has 0 aromatic heterocycles. The molecule has 218 valence electrons. The van der Waals surface area contributed by atoms with E-state index in [4.69, 9.17) is 27.9 Å². The number of rotatable bonds is 11. The van der Waals surface area contributed by atoms with Gasteiger partial charge in [-0.05, 0) is 67.8 Å². The summed E-state index contributed by atoms with van der Waals surface area (Å²) in [4.78, 5) is 28.8. The summed E-state index contributed by atoms with van der Waals surface area (Å²) in [5.74, 6) is -0.270. The van der Waals surface area contributed by atoms with Gasteiger partial charge in [-0.1, -0.05) is 66.4 Å². The molecular formula is C30H33Cl2N3O5S. The SMILES string of the molecule is COc1cccc(CN(C(=O)CN(c2cc(Cl)cc(Cl)c2)S(=O)(=O)c2ccccc2)[C@H](C)C(=O)NC2CCCC2)c1. The molecule has 1 aliphatic carbocycles. The van der Waals surface area contributed by atoms with Crippen molar-refractivity contribution < 1.29 is 22.7 Å². The zero-order chi connectivity index (χ0) is 29.6. The zero-order valence-electron chi connectivity index (χ0n) is 22.9. The second kappa shape index (κ2) is 13.6. The molecule has 4 rings (SSSR count). The van der Waals surface area contributed by atoms with Crippen molar-refractivity contribution in [1.29, 1.82) is 0 Å². The van der Waals surface area contributed by atoms with Gasteiger partial charge in [0.05, 0.1) is 17.7 Å². The molecule has 1 atom stereocenters. The van der Waals surface area contributed by atoms with Gasteiger partial charge in [-0.25, -0.2) is 8.42 Å². The van der Waals surface area contributed by atoms with Crippen LogP contribution in [0.1, 0.15) is 38.2 Å². The molecule has 3 aromatic rings. The molecule has 1 fully saturated rings. The lowest BCUT2D eigenvalue weighted by molar-refractivity contribution is -0.139. The lowest BCUT2D eigenvalue weighted by Gasteiger charge is -2.32. The molecule has 0 heterocycles. The van der Waals surface area contributed by atoms with E-state index in [0.717, 1.165) is 35.6 Å². The van der Waals surface area contributed by atoms with E-state index >= 15 is 0 Å². The number of hydrogen-bond acceptors (Lipinski definition) is 5. The third-order valence-corrected chi connectivity index (χ3v) is 9.33. The molecule has 0 unspecified atom stereocenters. The highest BCUT2D eigenvalue weighted by atomic mass is 35.5. The second-order valence-corrected chi connectivity index (χ2v) is 12.7. The minimum Gasteiger partial charge on any atom is -0.497 e. The fraction of sp³-hybridized carbons (Fsp3) is 0.333. The summed E-state index contributed by atoms with van der Waals surface area (Å²) in [6.07, 6.45) is 3.86. The maximum atomic E-state index is 14.1. The predicted molar refractivity (Wildman–Crippen MR) is 161 cm³/mol. The summed E-state index contributed by atoms with van der Waals surface area (Å²) < 4.78 is 34.0. The number of amides is 2. The third-order valence-electron chi connectivity index (χ3n) is 7.10. The largest absolute Gasteiger partial charge is 0.497 e. The van der Waals surface area contributed by atoms with Crippen molar-refractivity contribution in [3.63, 3.8) is 0 Å². The number of nitrogens with zero attached hydrogens (tertiary/aromatic N) is 2. The van der Waals surface area contributed by atoms with Crippen molar-refractivity contribution in [2.24, 2.45) is 0 Å². The summed E-state index contributed by atoms with van der Waals surface area (Å²) in [5.41, 5.74) is 0.852. The molecule has 0 spiro atoms. The molecule has 11 heteroatoms. The number of ether oxygens (including phenoxy) is 1. The number of carbonyl (C=O) groups is 2. The average molecular weight is 619 g/mol. The number of sulfonamides is 1. The highest BCUT2D eigenvalue weighted by molar-refractivity contribution is 7.92. The first-order chi connectivity index (χ1) is 19.6. The quantitative estimate of drug-likeness (QED) is 0.299. The maximum absolute atomic E-state index is 14.1. The molecule has 41 heavy (non-hydrogen) atoms. The molecule has 1 aliphatic rings. The van der Waals surface area contributed by atoms with Crippen LogP contribution in [0.2, 0.25) is 10.0 Å². The van der Waals surface area contributed by atoms with Crippen LogP contribution < -0.4 is 14.4 Å². The maximum Gasteiger partial charge on any atom is 0.264 e. The Morgan fingerprint density at radius 3 is 2.27 bits per heavy atom. The van der Waals surface area contributed by atoms with Gasteiger partial charge in [-0.2, -0.15) is 0 Å². The number of halogens is 2. The number of carbonyl (C=O) groups excluding carboxylic acids is 2. The number of benzene rings is 3. The number of methoxy groups -OCH3 is 1. The van der Waals surface area contributed by atoms with Crippen molar-refractivity contribution in [3.8, 4) is 5.75 Å². The van der Waals surface area contributed by atoms with Crippen LogP contribution >= 0.6 is 23.2 Å². The zero-order valence-corrected chi connectivity index (χ0v) is 25.3. The van der Waals surface area contributed by atoms with Crippen LogP contribution in [0.25, 0.3) is 0 Å². The van der Waals surface area contributed by atoms with Gasteiger partial charge in [-0.3, -0.25) is 13.9 Å². The Morgan fingerprint density at radius 1 is 0.976 bits per heavy atom. The fourth-order valence-corrected chi connectivity index (χ4v) is 6.81. The molecule has 0 aliphatic heterocycles. The summed E-state index contributed by atoms with van der Waals surface area (Å²) >= 11 is 12.5. The van der Waals surface area contributed by atoms with Crippen LogP contribution in [0.4, 0.5) is 5.69 Å². The van der Waals surface area contributed by atoms with Crippen LogP contribution in [0, 0.1) is 0 Å². The molecule has 0 saturated heterocycles. The van der Waals surface area contributed by atoms with Crippen LogP contribution in [-0.2, 0) is 26.2 Å². The minimum atomic E-state index is -4.22. The molecule has 2 amide bonds. The molecule has 1 saturated carbocycles. The number of hydrogen-bond donors (Lipinski definition) is 1. The first-order valence-electron chi connectivity index (χ1n) is 13.3. The van der Waals surface area contributed by atoms with Crippen molar-refractivity contribution >= 4 is 50.7 Å². The Bertz CT molecular complexity index is 1460. The van der Waals surface area contributed by atoms with Gasteiger partial charge in [-0.15, -0.1) is 0 Å². The van der Waals surface area contributed by atoms with Crippen molar-refractivity contribution in [3.05, 3.63) is 88.4 Å². The number of anilines is 1. The van der Waals surface area contributed by atoms with Crippen LogP contribution in [0.15, 0.2) is 77.7 Å². The summed E-state index contributed by atoms with van der Waals surface area (Å²) in [6, 6.07) is 18.5. The molecule has 0 bridgehead atoms. The standard InChI is InChI=1S/C30H33Cl2N3O5S/c1-21(30(37)33-25-10-6-7-11-25)34(19-22-9-8-12-27(15-22)40-2)29(36)20-35(26-17-23(31)16-24(32)18-26)41(38,39)28-13-4-3-5-14-28/h3-5,8-9,12-18,21,25H,6-7,10-11,19-20H2,1-2H3,(H,33,37)/t21-/m1/s1. The Labute approximate surface area is 251 Å². The first kappa shape index (κ1) is 30.7. The van der Waals surface area contributed by atoms with E-state index < -0.39 is 28.5 Å². The van der Waals surface area contributed by atoms with Gasteiger partial charge in [0.1, 0.15) is 18.3 Å². The van der Waals surface area contributed by atoms with Crippen LogP contribution in [0.3, 0.4) is 0 Å². The summed E-state index contributed by atoms with van der Waals surface area (Å²) in [6.45, 7) is 1.12. The summed E-state index contributed by atoms with van der Waals surface area (Å²) in [5, 5.41) is 3.48. The van der Waals surface area contributed by atoms with Crippen molar-refractivity contribution in [2.45, 2.75) is 56.1 Å². The van der Waals surface area contributed by atoms with Crippen LogP contribution in [0.5, 0.6) is 5.75 Å². The Hall–Kier alpha value is -3.27. The van der Waals surface area contributed by atoms with Gasteiger partial charge >= 0.3 is 0 Å². The normalized spacial score (nSPS) is 14.3. The van der Waals surface area contributed by atoms with Gasteiger partial charge < -0.3 is 15.0 Å². The predicted octanol–water partition coefficient (Wildman–Crippen LogP) is 5.67. The van der Waals surface area contributed by atoms with E-state index in [1.165, 1.54) is 35.2 Å². The smallest absolute Gasteiger partial charge is 0.264 e. The van der Waals surface area contributed by atoms with E-state index in [1.807, 2.05) is 6.07 Å². The first-order valence-corrected chi connectivity index (χ1v) is 15.5. The van der Waals surface area contributed by atoms with Crippen molar-refractivity contribution in [1.82, 2.24) is 10.2 Å². The van der Waals surface area contributed by atoms with Gasteiger partial charge in [0.15, 0.2) is 0 Å². The topological polar surface area (TPSA) is 96.0 Å². The van der Waals surface area contributed by atoms with E-state index in [1.54, 1.807) is 50.4 Å². The van der Waals surface area contributed by atoms with E-state index in [2.05, 4.69) is 5.32 Å². The lowest BCUT2D eigenvalue weighted by atomic mass is 10.1. The third kappa shape index (κ3) is 7.72. The molecule has 0 radical (unpaired) electrons. The van der Waals surface area contributed by atoms with Crippen LogP contribution in [-0.4, -0.2) is 50.9 Å². The fourth-order valence-electron chi connectivity index (χ4n) is 4.87. The Kier molecular flexibility index (Phi) is 10.2. The average Bonchev–Trinajstić information content (AvgIpc) is 3.47. The van der Waals surface area contributed by atoms with Gasteiger partial charge in [0, 0.05) is 22.6 Å². The second-order valence-electron chi connectivity index (χ2n) is 9.99. The highest BCUT2D eigenvalue weighted by Crippen LogP contribution is 2.30. The molecule has 3 aromatic carbocycles. The molecular weight excluding hydrogens is 585 g/mol. The Morgan fingerprint density at radius 2 is 1.63 bits per heavy atom. The molecule has 8 nitrogen and oxygen atoms in total. The van der Waals surface area contributed by atoms with Gasteiger partial charge in [0.25, 0.3) is 10.0 Å². The summed E-state index contributed by atoms with van der Waals surface area (Å²) in [7, 11) is -2.67. The Balaban J connectivity index is 1.71. The van der Waals surface area contributed by atoms with E-state index in [0.29, 0.717) is 5.75 Å². The van der Waals surface area contributed by atoms with E-state index in [-0.39, 0.29) is 39.1 Å². The van der Waals surface area contributed by atoms with E-state index in [9.17, 15) is 18.0 Å². The van der Waals surface area contributed by atoms with Gasteiger partial charge in [0.2, 0.25) is 11.8 Å². The molecule has 1 N–H and O–H groups in total. The number of nitrogens with one attached hydrogen (secondary N) is 1. The lowest BCUT2D eigenvalue weighted by Crippen LogP contribution is -2.52. The van der Waals surface area contributed by atoms with Crippen molar-refractivity contribution in [2.75, 3.05) is 18.0 Å².